The van der Waals surface area contributed by atoms with E-state index < -0.39 is 7.14 Å². The molecule has 23 heavy (non-hydrogen) atoms. The summed E-state index contributed by atoms with van der Waals surface area (Å²) in [7, 11) is 1.82. The summed E-state index contributed by atoms with van der Waals surface area (Å²) in [6, 6.07) is 8.53. The zero-order chi connectivity index (χ0) is 16.3. The summed E-state index contributed by atoms with van der Waals surface area (Å²) >= 11 is 0. The number of hydrogen-bond acceptors (Lipinski definition) is 2. The second kappa shape index (κ2) is 7.43. The standard InChI is InChI=1S/C20H32NOP/c1-21(2)19-15-9-10-16-20(19)23(22,17-11-5-3-6-12-17)18-13-7-4-8-14-18/h9-10,15-18H,3-8,11-14H2,1-2H3. The molecule has 2 nitrogen and oxygen atoms in total. The minimum atomic E-state index is -2.36. The number of rotatable bonds is 4. The van der Waals surface area contributed by atoms with Crippen LogP contribution in [-0.2, 0) is 4.57 Å². The summed E-state index contributed by atoms with van der Waals surface area (Å²) in [5.41, 5.74) is 2.05. The molecule has 0 bridgehead atoms. The smallest absolute Gasteiger partial charge is 0.123 e. The first-order chi connectivity index (χ1) is 11.1. The maximum atomic E-state index is 14.6. The van der Waals surface area contributed by atoms with Crippen molar-refractivity contribution in [3.63, 3.8) is 0 Å². The molecule has 0 heterocycles. The Bertz CT molecular complexity index is 535. The van der Waals surface area contributed by atoms with E-state index >= 15 is 0 Å². The van der Waals surface area contributed by atoms with Gasteiger partial charge in [0.05, 0.1) is 0 Å². The fraction of sp³-hybridized carbons (Fsp3) is 0.700. The number of hydrogen-bond donors (Lipinski definition) is 0. The third kappa shape index (κ3) is 3.38. The molecule has 2 aliphatic carbocycles. The van der Waals surface area contributed by atoms with E-state index in [0.29, 0.717) is 11.3 Å². The maximum Gasteiger partial charge on any atom is 0.123 e. The molecule has 3 rings (SSSR count). The van der Waals surface area contributed by atoms with Gasteiger partial charge in [0.15, 0.2) is 0 Å². The number of anilines is 1. The lowest BCUT2D eigenvalue weighted by molar-refractivity contribution is 0.453. The lowest BCUT2D eigenvalue weighted by Crippen LogP contribution is -2.32. The summed E-state index contributed by atoms with van der Waals surface area (Å²) in [5, 5.41) is 1.18. The fourth-order valence-electron chi connectivity index (χ4n) is 4.76. The van der Waals surface area contributed by atoms with Crippen molar-refractivity contribution in [1.29, 1.82) is 0 Å². The summed E-state index contributed by atoms with van der Waals surface area (Å²) < 4.78 is 14.6. The van der Waals surface area contributed by atoms with Gasteiger partial charge in [0.25, 0.3) is 0 Å². The van der Waals surface area contributed by atoms with Crippen molar-refractivity contribution < 1.29 is 4.57 Å². The van der Waals surface area contributed by atoms with Crippen LogP contribution in [0.2, 0.25) is 0 Å². The van der Waals surface area contributed by atoms with Crippen molar-refractivity contribution in [2.75, 3.05) is 19.0 Å². The van der Waals surface area contributed by atoms with Gasteiger partial charge >= 0.3 is 0 Å². The SMILES string of the molecule is CN(C)c1ccccc1P(=O)(C1CCCCC1)C1CCCCC1. The summed E-state index contributed by atoms with van der Waals surface area (Å²) in [4.78, 5) is 2.16. The van der Waals surface area contributed by atoms with E-state index in [1.165, 1.54) is 75.2 Å². The normalized spacial score (nSPS) is 21.3. The van der Waals surface area contributed by atoms with Crippen LogP contribution in [0.5, 0.6) is 0 Å². The molecule has 2 aliphatic rings. The van der Waals surface area contributed by atoms with E-state index in [9.17, 15) is 4.57 Å². The van der Waals surface area contributed by atoms with Gasteiger partial charge in [-0.25, -0.2) is 0 Å². The highest BCUT2D eigenvalue weighted by Crippen LogP contribution is 2.62. The molecule has 0 unspecified atom stereocenters. The predicted molar refractivity (Wildman–Crippen MR) is 102 cm³/mol. The van der Waals surface area contributed by atoms with Gasteiger partial charge in [-0.1, -0.05) is 50.7 Å². The molecule has 1 aromatic carbocycles. The predicted octanol–water partition coefficient (Wildman–Crippen LogP) is 5.41. The average molecular weight is 333 g/mol. The van der Waals surface area contributed by atoms with Crippen LogP contribution in [0.1, 0.15) is 64.2 Å². The molecule has 2 saturated carbocycles. The van der Waals surface area contributed by atoms with Crippen molar-refractivity contribution >= 4 is 18.1 Å². The van der Waals surface area contributed by atoms with Crippen molar-refractivity contribution in [3.8, 4) is 0 Å². The highest BCUT2D eigenvalue weighted by atomic mass is 31.2. The Hall–Kier alpha value is -0.750. The van der Waals surface area contributed by atoms with Crippen LogP contribution in [-0.4, -0.2) is 25.4 Å². The molecular formula is C20H32NOP. The Morgan fingerprint density at radius 1 is 0.826 bits per heavy atom. The van der Waals surface area contributed by atoms with Crippen LogP contribution >= 0.6 is 7.14 Å². The van der Waals surface area contributed by atoms with E-state index in [1.54, 1.807) is 0 Å². The van der Waals surface area contributed by atoms with Gasteiger partial charge in [-0.15, -0.1) is 0 Å². The molecule has 128 valence electrons. The third-order valence-corrected chi connectivity index (χ3v) is 10.3. The van der Waals surface area contributed by atoms with Crippen molar-refractivity contribution in [1.82, 2.24) is 0 Å². The second-order valence-corrected chi connectivity index (χ2v) is 11.0. The minimum Gasteiger partial charge on any atom is -0.377 e. The number of benzene rings is 1. The first-order valence-electron chi connectivity index (χ1n) is 9.50. The quantitative estimate of drug-likeness (QED) is 0.687. The van der Waals surface area contributed by atoms with Crippen LogP contribution in [0, 0.1) is 0 Å². The lowest BCUT2D eigenvalue weighted by Gasteiger charge is -2.39. The maximum absolute atomic E-state index is 14.6. The first kappa shape index (κ1) is 17.1. The Balaban J connectivity index is 2.06. The Labute approximate surface area is 142 Å². The van der Waals surface area contributed by atoms with Gasteiger partial charge in [0.1, 0.15) is 7.14 Å². The molecule has 3 heteroatoms. The van der Waals surface area contributed by atoms with Gasteiger partial charge < -0.3 is 9.46 Å². The van der Waals surface area contributed by atoms with Crippen molar-refractivity contribution in [2.45, 2.75) is 75.5 Å². The highest BCUT2D eigenvalue weighted by Gasteiger charge is 2.43. The lowest BCUT2D eigenvalue weighted by atomic mass is 9.99. The van der Waals surface area contributed by atoms with E-state index in [-0.39, 0.29) is 0 Å². The Morgan fingerprint density at radius 3 is 1.78 bits per heavy atom. The molecule has 0 spiro atoms. The monoisotopic (exact) mass is 333 g/mol. The Kier molecular flexibility index (Phi) is 5.52. The zero-order valence-corrected chi connectivity index (χ0v) is 15.7. The van der Waals surface area contributed by atoms with E-state index in [2.05, 4.69) is 43.3 Å². The summed E-state index contributed by atoms with van der Waals surface area (Å²) in [6.45, 7) is 0. The van der Waals surface area contributed by atoms with Crippen molar-refractivity contribution in [2.24, 2.45) is 0 Å². The van der Waals surface area contributed by atoms with Gasteiger partial charge in [0.2, 0.25) is 0 Å². The molecule has 0 saturated heterocycles. The molecular weight excluding hydrogens is 301 g/mol. The van der Waals surface area contributed by atoms with Gasteiger partial charge in [-0.05, 0) is 37.8 Å². The second-order valence-electron chi connectivity index (χ2n) is 7.68. The summed E-state index contributed by atoms with van der Waals surface area (Å²) in [5.74, 6) is 0. The topological polar surface area (TPSA) is 20.3 Å². The zero-order valence-electron chi connectivity index (χ0n) is 14.8. The molecule has 1 aromatic rings. The van der Waals surface area contributed by atoms with E-state index in [4.69, 9.17) is 0 Å². The molecule has 0 radical (unpaired) electrons. The Morgan fingerprint density at radius 2 is 1.30 bits per heavy atom. The highest BCUT2D eigenvalue weighted by molar-refractivity contribution is 7.73. The molecule has 0 aliphatic heterocycles. The van der Waals surface area contributed by atoms with Crippen LogP contribution in [0.25, 0.3) is 0 Å². The first-order valence-corrected chi connectivity index (χ1v) is 11.3. The summed E-state index contributed by atoms with van der Waals surface area (Å²) in [6.07, 6.45) is 12.4. The van der Waals surface area contributed by atoms with Gasteiger partial charge in [-0.3, -0.25) is 0 Å². The average Bonchev–Trinajstić information content (AvgIpc) is 2.62. The van der Waals surface area contributed by atoms with Crippen LogP contribution in [0.3, 0.4) is 0 Å². The molecule has 0 aromatic heterocycles. The van der Waals surface area contributed by atoms with Crippen molar-refractivity contribution in [3.05, 3.63) is 24.3 Å². The van der Waals surface area contributed by atoms with E-state index in [1.807, 2.05) is 0 Å². The van der Waals surface area contributed by atoms with Gasteiger partial charge in [-0.2, -0.15) is 0 Å². The molecule has 0 amide bonds. The van der Waals surface area contributed by atoms with E-state index in [0.717, 1.165) is 0 Å². The number of para-hydroxylation sites is 1. The fourth-order valence-corrected chi connectivity index (χ4v) is 9.36. The van der Waals surface area contributed by atoms with Gasteiger partial charge in [0, 0.05) is 36.4 Å². The largest absolute Gasteiger partial charge is 0.377 e. The van der Waals surface area contributed by atoms with Crippen LogP contribution < -0.4 is 10.2 Å². The molecule has 0 atom stereocenters. The molecule has 0 N–H and O–H groups in total. The number of nitrogens with zero attached hydrogens (tertiary/aromatic N) is 1. The minimum absolute atomic E-state index is 0.431. The van der Waals surface area contributed by atoms with Crippen LogP contribution in [0.4, 0.5) is 5.69 Å². The van der Waals surface area contributed by atoms with Crippen LogP contribution in [0.15, 0.2) is 24.3 Å². The third-order valence-electron chi connectivity index (χ3n) is 5.97. The molecule has 2 fully saturated rings.